The predicted molar refractivity (Wildman–Crippen MR) is 121 cm³/mol. The largest absolute Gasteiger partial charge is 0.497 e. The maximum atomic E-state index is 11.6. The molecule has 0 bridgehead atoms. The van der Waals surface area contributed by atoms with Crippen LogP contribution in [-0.4, -0.2) is 21.2 Å². The summed E-state index contributed by atoms with van der Waals surface area (Å²) < 4.78 is 29.6. The lowest BCUT2D eigenvalue weighted by molar-refractivity contribution is 0.414. The summed E-state index contributed by atoms with van der Waals surface area (Å²) in [6.07, 6.45) is 0.700. The van der Waals surface area contributed by atoms with Crippen LogP contribution in [0.2, 0.25) is 0 Å². The van der Waals surface area contributed by atoms with Crippen LogP contribution < -0.4 is 14.9 Å². The van der Waals surface area contributed by atoms with E-state index in [2.05, 4.69) is 28.1 Å². The Kier molecular flexibility index (Phi) is 5.64. The second-order valence-electron chi connectivity index (χ2n) is 6.93. The van der Waals surface area contributed by atoms with E-state index in [1.807, 2.05) is 41.4 Å². The van der Waals surface area contributed by atoms with Crippen LogP contribution in [0.1, 0.15) is 23.6 Å². The fraction of sp³-hybridized carbons (Fsp3) is 0.136. The van der Waals surface area contributed by atoms with Crippen LogP contribution in [0.15, 0.2) is 87.3 Å². The number of methoxy groups -OCH3 is 1. The van der Waals surface area contributed by atoms with Gasteiger partial charge in [0.15, 0.2) is 0 Å². The van der Waals surface area contributed by atoms with E-state index in [0.29, 0.717) is 6.42 Å². The molecule has 3 aromatic rings. The van der Waals surface area contributed by atoms with E-state index < -0.39 is 10.0 Å². The lowest BCUT2D eigenvalue weighted by Gasteiger charge is -2.24. The van der Waals surface area contributed by atoms with Crippen LogP contribution in [0.3, 0.4) is 0 Å². The average Bonchev–Trinajstić information content (AvgIpc) is 3.19. The Morgan fingerprint density at radius 3 is 2.40 bits per heavy atom. The first kappa shape index (κ1) is 20.6. The van der Waals surface area contributed by atoms with E-state index in [4.69, 9.17) is 15.0 Å². The minimum atomic E-state index is -3.75. The third kappa shape index (κ3) is 4.26. The topological polar surface area (TPSA) is 85.0 Å². The van der Waals surface area contributed by atoms with Crippen molar-refractivity contribution < 1.29 is 13.2 Å². The molecular weight excluding hydrogens is 466 g/mol. The Balaban J connectivity index is 1.75. The van der Waals surface area contributed by atoms with E-state index in [1.54, 1.807) is 19.2 Å². The number of rotatable bonds is 5. The van der Waals surface area contributed by atoms with Gasteiger partial charge in [-0.15, -0.1) is 0 Å². The number of halogens is 1. The summed E-state index contributed by atoms with van der Waals surface area (Å²) in [5.41, 5.74) is 3.81. The Bertz CT molecular complexity index is 1190. The number of primary sulfonamides is 1. The van der Waals surface area contributed by atoms with Crippen molar-refractivity contribution in [1.29, 1.82) is 0 Å². The van der Waals surface area contributed by atoms with Crippen molar-refractivity contribution in [1.82, 2.24) is 0 Å². The summed E-state index contributed by atoms with van der Waals surface area (Å²) in [4.78, 5) is 0.0719. The molecule has 0 aromatic heterocycles. The predicted octanol–water partition coefficient (Wildman–Crippen LogP) is 4.46. The second kappa shape index (κ2) is 8.22. The molecule has 0 saturated carbocycles. The third-order valence-corrected chi connectivity index (χ3v) is 6.46. The molecular formula is C22H20BrN3O3S. The van der Waals surface area contributed by atoms with E-state index in [1.165, 1.54) is 12.1 Å². The van der Waals surface area contributed by atoms with E-state index in [0.717, 1.165) is 32.7 Å². The molecule has 1 heterocycles. The van der Waals surface area contributed by atoms with Crippen molar-refractivity contribution in [3.63, 3.8) is 0 Å². The van der Waals surface area contributed by atoms with Crippen LogP contribution in [0.25, 0.3) is 0 Å². The van der Waals surface area contributed by atoms with Crippen molar-refractivity contribution in [3.8, 4) is 5.75 Å². The quantitative estimate of drug-likeness (QED) is 0.577. The molecule has 1 aliphatic heterocycles. The highest BCUT2D eigenvalue weighted by atomic mass is 79.9. The Morgan fingerprint density at radius 2 is 1.77 bits per heavy atom. The number of nitrogens with two attached hydrogens (primary N) is 1. The molecule has 8 heteroatoms. The minimum Gasteiger partial charge on any atom is -0.497 e. The molecule has 1 aliphatic rings. The smallest absolute Gasteiger partial charge is 0.238 e. The summed E-state index contributed by atoms with van der Waals surface area (Å²) in [5, 5.41) is 12.0. The zero-order valence-corrected chi connectivity index (χ0v) is 18.6. The Labute approximate surface area is 184 Å². The standard InChI is InChI=1S/C22H20BrN3O3S/c1-29-19-4-2-3-16(13-19)21-14-22(15-5-7-17(23)8-6-15)26(25-21)18-9-11-20(12-10-18)30(24,27)28/h2-13,22H,14H2,1H3,(H2,24,27,28)/t22-/m0/s1. The molecule has 154 valence electrons. The van der Waals surface area contributed by atoms with Crippen molar-refractivity contribution in [2.75, 3.05) is 12.1 Å². The molecule has 30 heavy (non-hydrogen) atoms. The van der Waals surface area contributed by atoms with Crippen LogP contribution >= 0.6 is 15.9 Å². The molecule has 0 aliphatic carbocycles. The molecule has 3 aromatic carbocycles. The van der Waals surface area contributed by atoms with Crippen molar-refractivity contribution in [2.45, 2.75) is 17.4 Å². The van der Waals surface area contributed by atoms with Gasteiger partial charge in [0.1, 0.15) is 5.75 Å². The van der Waals surface area contributed by atoms with E-state index >= 15 is 0 Å². The average molecular weight is 486 g/mol. The Hall–Kier alpha value is -2.68. The number of hydrogen-bond donors (Lipinski definition) is 1. The van der Waals surface area contributed by atoms with Gasteiger partial charge in [0, 0.05) is 16.5 Å². The second-order valence-corrected chi connectivity index (χ2v) is 9.41. The fourth-order valence-electron chi connectivity index (χ4n) is 3.46. The molecule has 0 saturated heterocycles. The first-order valence-electron chi connectivity index (χ1n) is 9.24. The first-order valence-corrected chi connectivity index (χ1v) is 11.6. The summed E-state index contributed by atoms with van der Waals surface area (Å²) in [5.74, 6) is 0.770. The lowest BCUT2D eigenvalue weighted by Crippen LogP contribution is -2.19. The summed E-state index contributed by atoms with van der Waals surface area (Å²) in [6.45, 7) is 0. The van der Waals surface area contributed by atoms with Crippen LogP contribution in [0.4, 0.5) is 5.69 Å². The van der Waals surface area contributed by atoms with Crippen LogP contribution in [-0.2, 0) is 10.0 Å². The summed E-state index contributed by atoms with van der Waals surface area (Å²) in [6, 6.07) is 22.4. The SMILES string of the molecule is COc1cccc(C2=NN(c3ccc(S(N)(=O)=O)cc3)[C@H](c3ccc(Br)cc3)C2)c1. The van der Waals surface area contributed by atoms with Gasteiger partial charge in [-0.05, 0) is 54.1 Å². The molecule has 2 N–H and O–H groups in total. The van der Waals surface area contributed by atoms with Gasteiger partial charge < -0.3 is 4.74 Å². The molecule has 0 spiro atoms. The Morgan fingerprint density at radius 1 is 1.07 bits per heavy atom. The number of nitrogens with zero attached hydrogens (tertiary/aromatic N) is 2. The normalized spacial score (nSPS) is 16.4. The zero-order valence-electron chi connectivity index (χ0n) is 16.2. The number of anilines is 1. The fourth-order valence-corrected chi connectivity index (χ4v) is 4.24. The minimum absolute atomic E-state index is 0.0281. The number of hydrazone groups is 1. The highest BCUT2D eigenvalue weighted by Gasteiger charge is 2.30. The summed E-state index contributed by atoms with van der Waals surface area (Å²) >= 11 is 3.48. The van der Waals surface area contributed by atoms with Gasteiger partial charge in [-0.1, -0.05) is 40.2 Å². The maximum absolute atomic E-state index is 11.6. The number of hydrogen-bond acceptors (Lipinski definition) is 5. The van der Waals surface area contributed by atoms with Crippen molar-refractivity contribution in [3.05, 3.63) is 88.4 Å². The number of ether oxygens (including phenoxy) is 1. The van der Waals surface area contributed by atoms with Crippen LogP contribution in [0, 0.1) is 0 Å². The number of benzene rings is 3. The van der Waals surface area contributed by atoms with Crippen molar-refractivity contribution >= 4 is 37.4 Å². The molecule has 0 fully saturated rings. The van der Waals surface area contributed by atoms with Gasteiger partial charge in [0.05, 0.1) is 29.4 Å². The molecule has 0 unspecified atom stereocenters. The monoisotopic (exact) mass is 485 g/mol. The highest BCUT2D eigenvalue weighted by molar-refractivity contribution is 9.10. The van der Waals surface area contributed by atoms with E-state index in [9.17, 15) is 8.42 Å². The third-order valence-electron chi connectivity index (χ3n) is 5.00. The molecule has 0 radical (unpaired) electrons. The molecule has 0 amide bonds. The van der Waals surface area contributed by atoms with Crippen molar-refractivity contribution in [2.24, 2.45) is 10.2 Å². The highest BCUT2D eigenvalue weighted by Crippen LogP contribution is 2.37. The maximum Gasteiger partial charge on any atom is 0.238 e. The van der Waals surface area contributed by atoms with E-state index in [-0.39, 0.29) is 10.9 Å². The van der Waals surface area contributed by atoms with Gasteiger partial charge in [-0.2, -0.15) is 5.10 Å². The van der Waals surface area contributed by atoms with Gasteiger partial charge in [0.2, 0.25) is 10.0 Å². The number of sulfonamides is 1. The lowest BCUT2D eigenvalue weighted by atomic mass is 9.98. The molecule has 6 nitrogen and oxygen atoms in total. The van der Waals surface area contributed by atoms with Gasteiger partial charge in [-0.3, -0.25) is 5.01 Å². The van der Waals surface area contributed by atoms with Gasteiger partial charge >= 0.3 is 0 Å². The molecule has 1 atom stereocenters. The van der Waals surface area contributed by atoms with Gasteiger partial charge in [0.25, 0.3) is 0 Å². The van der Waals surface area contributed by atoms with Crippen LogP contribution in [0.5, 0.6) is 5.75 Å². The summed E-state index contributed by atoms with van der Waals surface area (Å²) in [7, 11) is -2.11. The zero-order chi connectivity index (χ0) is 21.3. The molecule has 4 rings (SSSR count). The first-order chi connectivity index (χ1) is 14.3. The van der Waals surface area contributed by atoms with Gasteiger partial charge in [-0.25, -0.2) is 13.6 Å².